The topological polar surface area (TPSA) is 106 Å². The van der Waals surface area contributed by atoms with Gasteiger partial charge in [0.25, 0.3) is 11.1 Å². The minimum absolute atomic E-state index is 0.0372. The first kappa shape index (κ1) is 28.1. The first-order chi connectivity index (χ1) is 18.3. The molecular formula is C24H19ClF6N6O2. The maximum Gasteiger partial charge on any atom is 0.423 e. The quantitative estimate of drug-likeness (QED) is 0.283. The van der Waals surface area contributed by atoms with Gasteiger partial charge in [-0.05, 0) is 43.4 Å². The summed E-state index contributed by atoms with van der Waals surface area (Å²) < 4.78 is 79.5. The van der Waals surface area contributed by atoms with Crippen molar-refractivity contribution in [3.63, 3.8) is 0 Å². The zero-order chi connectivity index (χ0) is 28.5. The van der Waals surface area contributed by atoms with Gasteiger partial charge >= 0.3 is 12.4 Å². The number of hydrogen-bond acceptors (Lipinski definition) is 6. The van der Waals surface area contributed by atoms with Crippen LogP contribution in [0.3, 0.4) is 0 Å². The number of alkyl halides is 6. The second-order valence-electron chi connectivity index (χ2n) is 8.70. The molecule has 0 spiro atoms. The van der Waals surface area contributed by atoms with Crippen LogP contribution in [0.1, 0.15) is 30.9 Å². The highest BCUT2D eigenvalue weighted by Gasteiger charge is 2.37. The molecule has 0 aliphatic carbocycles. The number of nitrogens with one attached hydrogen (secondary N) is 2. The van der Waals surface area contributed by atoms with E-state index >= 15 is 0 Å². The van der Waals surface area contributed by atoms with Gasteiger partial charge in [-0.1, -0.05) is 11.6 Å². The van der Waals surface area contributed by atoms with Gasteiger partial charge in [-0.3, -0.25) is 9.59 Å². The van der Waals surface area contributed by atoms with Gasteiger partial charge < -0.3 is 9.88 Å². The van der Waals surface area contributed by atoms with Crippen LogP contribution in [0.15, 0.2) is 52.6 Å². The third-order valence-electron chi connectivity index (χ3n) is 5.86. The molecule has 0 amide bonds. The lowest BCUT2D eigenvalue weighted by atomic mass is 10.1. The second-order valence-corrected chi connectivity index (χ2v) is 9.11. The number of nitrogens with zero attached hydrogens (tertiary/aromatic N) is 4. The molecule has 0 aliphatic heterocycles. The first-order valence-corrected chi connectivity index (χ1v) is 11.8. The van der Waals surface area contributed by atoms with Crippen molar-refractivity contribution in [1.82, 2.24) is 24.7 Å². The minimum Gasteiger partial charge on any atom is -0.381 e. The Bertz CT molecular complexity index is 1620. The van der Waals surface area contributed by atoms with E-state index in [2.05, 4.69) is 20.4 Å². The molecule has 1 unspecified atom stereocenters. The van der Waals surface area contributed by atoms with E-state index in [0.717, 1.165) is 6.20 Å². The number of aryl methyl sites for hydroxylation is 1. The highest BCUT2D eigenvalue weighted by Crippen LogP contribution is 2.33. The fourth-order valence-electron chi connectivity index (χ4n) is 3.96. The molecule has 0 saturated heterocycles. The lowest BCUT2D eigenvalue weighted by Gasteiger charge is -2.18. The van der Waals surface area contributed by atoms with Crippen LogP contribution in [-0.2, 0) is 18.9 Å². The van der Waals surface area contributed by atoms with Gasteiger partial charge in [0.05, 0.1) is 22.5 Å². The molecule has 1 atom stereocenters. The van der Waals surface area contributed by atoms with Crippen molar-refractivity contribution in [2.24, 2.45) is 0 Å². The predicted molar refractivity (Wildman–Crippen MR) is 131 cm³/mol. The molecule has 2 N–H and O–H groups in total. The molecule has 3 aromatic heterocycles. The largest absolute Gasteiger partial charge is 0.423 e. The molecule has 4 rings (SSSR count). The van der Waals surface area contributed by atoms with E-state index in [1.807, 2.05) is 0 Å². The molecule has 0 bridgehead atoms. The van der Waals surface area contributed by atoms with E-state index in [1.165, 1.54) is 22.9 Å². The van der Waals surface area contributed by atoms with E-state index < -0.39 is 40.8 Å². The summed E-state index contributed by atoms with van der Waals surface area (Å²) >= 11 is 6.30. The van der Waals surface area contributed by atoms with Gasteiger partial charge in [-0.2, -0.15) is 31.4 Å². The lowest BCUT2D eigenvalue weighted by molar-refractivity contribution is -0.139. The number of hydrogen-bond donors (Lipinski definition) is 2. The molecule has 4 aromatic rings. The molecule has 1 aromatic carbocycles. The summed E-state index contributed by atoms with van der Waals surface area (Å²) in [6.07, 6.45) is -4.98. The maximum atomic E-state index is 13.2. The van der Waals surface area contributed by atoms with Crippen molar-refractivity contribution < 1.29 is 26.3 Å². The van der Waals surface area contributed by atoms with E-state index in [1.54, 1.807) is 18.1 Å². The summed E-state index contributed by atoms with van der Waals surface area (Å²) in [6.45, 7) is 1.87. The number of pyridine rings is 1. The van der Waals surface area contributed by atoms with Crippen molar-refractivity contribution in [1.29, 1.82) is 0 Å². The van der Waals surface area contributed by atoms with Crippen molar-refractivity contribution in [2.45, 2.75) is 44.7 Å². The van der Waals surface area contributed by atoms with Crippen LogP contribution in [0.5, 0.6) is 0 Å². The molecule has 206 valence electrons. The van der Waals surface area contributed by atoms with E-state index in [4.69, 9.17) is 11.6 Å². The Hall–Kier alpha value is -3.94. The van der Waals surface area contributed by atoms with Gasteiger partial charge in [-0.15, -0.1) is 0 Å². The normalized spacial score (nSPS) is 13.0. The Kier molecular flexibility index (Phi) is 7.68. The van der Waals surface area contributed by atoms with Crippen LogP contribution in [0.4, 0.5) is 32.0 Å². The van der Waals surface area contributed by atoms with Crippen molar-refractivity contribution in [2.75, 3.05) is 5.32 Å². The summed E-state index contributed by atoms with van der Waals surface area (Å²) in [4.78, 5) is 32.1. The maximum absolute atomic E-state index is 13.2. The SMILES string of the molecule is CC(CCCn1ccc2cc(-c3ncc(C(F)(F)F)cn3)c(Cl)cc2c1=O)Nc1cn[nH]c(=O)c1C(F)(F)F. The van der Waals surface area contributed by atoms with Crippen LogP contribution in [0.2, 0.25) is 5.02 Å². The van der Waals surface area contributed by atoms with Crippen LogP contribution >= 0.6 is 11.6 Å². The Morgan fingerprint density at radius 1 is 1.05 bits per heavy atom. The molecule has 15 heteroatoms. The van der Waals surface area contributed by atoms with Crippen molar-refractivity contribution in [3.8, 4) is 11.4 Å². The molecule has 0 radical (unpaired) electrons. The molecule has 0 saturated carbocycles. The third kappa shape index (κ3) is 6.21. The Morgan fingerprint density at radius 3 is 2.38 bits per heavy atom. The standard InChI is InChI=1S/C24H19ClF6N6O2/c1-12(35-18-11-34-36-21(38)19(18)24(29,30)31)3-2-5-37-6-4-13-7-16(17(25)8-15(13)22(37)39)20-32-9-14(10-33-20)23(26,27)28/h4,6-12H,2-3,5H2,1H3,(H2,35,36,38). The zero-order valence-corrected chi connectivity index (χ0v) is 20.7. The average Bonchev–Trinajstić information content (AvgIpc) is 2.84. The Morgan fingerprint density at radius 2 is 1.74 bits per heavy atom. The summed E-state index contributed by atoms with van der Waals surface area (Å²) in [7, 11) is 0. The number of fused-ring (bicyclic) bond motifs is 1. The fourth-order valence-corrected chi connectivity index (χ4v) is 4.21. The number of rotatable bonds is 7. The van der Waals surface area contributed by atoms with Crippen LogP contribution in [0, 0.1) is 0 Å². The summed E-state index contributed by atoms with van der Waals surface area (Å²) in [6, 6.07) is 4.03. The van der Waals surface area contributed by atoms with E-state index in [-0.39, 0.29) is 33.9 Å². The van der Waals surface area contributed by atoms with Gasteiger partial charge in [0.1, 0.15) is 5.56 Å². The summed E-state index contributed by atoms with van der Waals surface area (Å²) in [5.74, 6) is -0.0372. The molecule has 0 aliphatic rings. The highest BCUT2D eigenvalue weighted by atomic mass is 35.5. The Labute approximate surface area is 220 Å². The fraction of sp³-hybridized carbons (Fsp3) is 0.292. The average molecular weight is 573 g/mol. The number of H-pyrrole nitrogens is 1. The van der Waals surface area contributed by atoms with Crippen LogP contribution in [0.25, 0.3) is 22.2 Å². The molecular weight excluding hydrogens is 554 g/mol. The number of aromatic amines is 1. The molecule has 3 heterocycles. The Balaban J connectivity index is 1.47. The van der Waals surface area contributed by atoms with Crippen LogP contribution in [-0.4, -0.2) is 30.8 Å². The van der Waals surface area contributed by atoms with Gasteiger partial charge in [-0.25, -0.2) is 15.1 Å². The third-order valence-corrected chi connectivity index (χ3v) is 6.17. The summed E-state index contributed by atoms with van der Waals surface area (Å²) in [5, 5.41) is 8.63. The van der Waals surface area contributed by atoms with Crippen molar-refractivity contribution >= 4 is 28.1 Å². The molecule has 39 heavy (non-hydrogen) atoms. The summed E-state index contributed by atoms with van der Waals surface area (Å²) in [5.41, 5.74) is -4.30. The lowest BCUT2D eigenvalue weighted by Crippen LogP contribution is -2.27. The van der Waals surface area contributed by atoms with Gasteiger partial charge in [0.15, 0.2) is 5.82 Å². The minimum atomic E-state index is -4.86. The second kappa shape index (κ2) is 10.7. The smallest absolute Gasteiger partial charge is 0.381 e. The van der Waals surface area contributed by atoms with E-state index in [0.29, 0.717) is 30.6 Å². The number of benzene rings is 1. The molecule has 0 fully saturated rings. The van der Waals surface area contributed by atoms with Crippen LogP contribution < -0.4 is 16.4 Å². The van der Waals surface area contributed by atoms with E-state index in [9.17, 15) is 35.9 Å². The van der Waals surface area contributed by atoms with Gasteiger partial charge in [0.2, 0.25) is 0 Å². The van der Waals surface area contributed by atoms with Gasteiger partial charge in [0, 0.05) is 42.1 Å². The highest BCUT2D eigenvalue weighted by molar-refractivity contribution is 6.34. The number of anilines is 1. The number of halogens is 7. The van der Waals surface area contributed by atoms with Crippen molar-refractivity contribution in [3.05, 3.63) is 79.8 Å². The molecule has 8 nitrogen and oxygen atoms in total. The number of aromatic nitrogens is 5. The monoisotopic (exact) mass is 572 g/mol. The first-order valence-electron chi connectivity index (χ1n) is 11.4. The predicted octanol–water partition coefficient (Wildman–Crippen LogP) is 5.51. The zero-order valence-electron chi connectivity index (χ0n) is 20.0.